The predicted molar refractivity (Wildman–Crippen MR) is 78.4 cm³/mol. The van der Waals surface area contributed by atoms with E-state index in [0.717, 1.165) is 25.7 Å². The van der Waals surface area contributed by atoms with Gasteiger partial charge in [0.1, 0.15) is 0 Å². The molecule has 0 aromatic carbocycles. The van der Waals surface area contributed by atoms with Gasteiger partial charge in [-0.05, 0) is 30.9 Å². The van der Waals surface area contributed by atoms with Crippen LogP contribution in [0.2, 0.25) is 0 Å². The van der Waals surface area contributed by atoms with Gasteiger partial charge in [0.15, 0.2) is 5.03 Å². The lowest BCUT2D eigenvalue weighted by Crippen LogP contribution is -2.39. The molecule has 112 valence electrons. The number of hydrogen-bond acceptors (Lipinski definition) is 5. The van der Waals surface area contributed by atoms with Crippen LogP contribution in [0.5, 0.6) is 0 Å². The van der Waals surface area contributed by atoms with E-state index < -0.39 is 10.0 Å². The number of nitrogens with two attached hydrogens (primary N) is 1. The Labute approximate surface area is 120 Å². The van der Waals surface area contributed by atoms with E-state index in [1.807, 2.05) is 0 Å². The zero-order valence-electron chi connectivity index (χ0n) is 11.7. The molecule has 0 spiro atoms. The number of nitrogens with zero attached hydrogens (tertiary/aromatic N) is 1. The minimum Gasteiger partial charge on any atom is -0.321 e. The van der Waals surface area contributed by atoms with E-state index in [1.54, 1.807) is 12.1 Å². The van der Waals surface area contributed by atoms with Crippen LogP contribution in [0.4, 0.5) is 5.69 Å². The number of pyridine rings is 1. The van der Waals surface area contributed by atoms with Gasteiger partial charge in [-0.1, -0.05) is 26.2 Å². The van der Waals surface area contributed by atoms with Crippen molar-refractivity contribution < 1.29 is 8.42 Å². The summed E-state index contributed by atoms with van der Waals surface area (Å²) in [5.41, 5.74) is 2.69. The zero-order valence-corrected chi connectivity index (χ0v) is 12.5. The van der Waals surface area contributed by atoms with Gasteiger partial charge in [0.05, 0.1) is 5.69 Å². The van der Waals surface area contributed by atoms with Gasteiger partial charge in [0, 0.05) is 12.2 Å². The van der Waals surface area contributed by atoms with Crippen molar-refractivity contribution in [3.63, 3.8) is 0 Å². The highest BCUT2D eigenvalue weighted by molar-refractivity contribution is 7.89. The molecule has 0 aliphatic heterocycles. The standard InChI is InChI=1S/C13H22N4O2S/c1-2-10-5-3-6-11(9-10)17-20(18,19)13-12(16-14)7-4-8-15-13/h4,7-8,10-11,16-17H,2-3,5-6,9,14H2,1H3. The van der Waals surface area contributed by atoms with Crippen LogP contribution in [-0.4, -0.2) is 19.4 Å². The third-order valence-corrected chi connectivity index (χ3v) is 5.34. The Kier molecular flexibility index (Phi) is 4.95. The second kappa shape index (κ2) is 6.51. The summed E-state index contributed by atoms with van der Waals surface area (Å²) >= 11 is 0. The van der Waals surface area contributed by atoms with Gasteiger partial charge in [-0.25, -0.2) is 18.1 Å². The fraction of sp³-hybridized carbons (Fsp3) is 0.615. The van der Waals surface area contributed by atoms with Crippen molar-refractivity contribution in [3.05, 3.63) is 18.3 Å². The molecule has 0 bridgehead atoms. The summed E-state index contributed by atoms with van der Waals surface area (Å²) in [6, 6.07) is 3.23. The Hall–Kier alpha value is -1.18. The van der Waals surface area contributed by atoms with Crippen molar-refractivity contribution in [1.82, 2.24) is 9.71 Å². The third-order valence-electron chi connectivity index (χ3n) is 3.86. The van der Waals surface area contributed by atoms with Gasteiger partial charge in [0.2, 0.25) is 0 Å². The molecule has 2 rings (SSSR count). The molecule has 1 saturated carbocycles. The second-order valence-electron chi connectivity index (χ2n) is 5.26. The first kappa shape index (κ1) is 15.2. The minimum atomic E-state index is -3.64. The Balaban J connectivity index is 2.14. The van der Waals surface area contributed by atoms with Crippen LogP contribution in [-0.2, 0) is 10.0 Å². The number of nitrogen functional groups attached to an aromatic ring is 1. The van der Waals surface area contributed by atoms with E-state index in [-0.39, 0.29) is 11.1 Å². The van der Waals surface area contributed by atoms with Crippen LogP contribution in [0.25, 0.3) is 0 Å². The van der Waals surface area contributed by atoms with Crippen LogP contribution in [0.15, 0.2) is 23.4 Å². The Morgan fingerprint density at radius 2 is 2.25 bits per heavy atom. The number of hydrazine groups is 1. The zero-order chi connectivity index (χ0) is 14.6. The number of aromatic nitrogens is 1. The van der Waals surface area contributed by atoms with Crippen LogP contribution in [0.1, 0.15) is 39.0 Å². The molecule has 1 heterocycles. The number of nitrogens with one attached hydrogen (secondary N) is 2. The van der Waals surface area contributed by atoms with Gasteiger partial charge in [0.25, 0.3) is 10.0 Å². The average molecular weight is 298 g/mol. The van der Waals surface area contributed by atoms with Gasteiger partial charge < -0.3 is 5.43 Å². The van der Waals surface area contributed by atoms with Crippen molar-refractivity contribution in [1.29, 1.82) is 0 Å². The van der Waals surface area contributed by atoms with Crippen molar-refractivity contribution in [3.8, 4) is 0 Å². The highest BCUT2D eigenvalue weighted by Gasteiger charge is 2.27. The summed E-state index contributed by atoms with van der Waals surface area (Å²) in [6.45, 7) is 2.15. The molecule has 1 aromatic heterocycles. The molecule has 1 fully saturated rings. The van der Waals surface area contributed by atoms with E-state index in [2.05, 4.69) is 22.1 Å². The summed E-state index contributed by atoms with van der Waals surface area (Å²) in [7, 11) is -3.64. The molecule has 2 atom stereocenters. The molecule has 1 aliphatic carbocycles. The number of sulfonamides is 1. The predicted octanol–water partition coefficient (Wildman–Crippen LogP) is 1.61. The topological polar surface area (TPSA) is 97.1 Å². The maximum Gasteiger partial charge on any atom is 0.260 e. The molecular formula is C13H22N4O2S. The van der Waals surface area contributed by atoms with Gasteiger partial charge in [-0.15, -0.1) is 0 Å². The highest BCUT2D eigenvalue weighted by atomic mass is 32.2. The molecule has 6 nitrogen and oxygen atoms in total. The van der Waals surface area contributed by atoms with Gasteiger partial charge >= 0.3 is 0 Å². The molecule has 1 aliphatic rings. The Morgan fingerprint density at radius 3 is 2.95 bits per heavy atom. The smallest absolute Gasteiger partial charge is 0.260 e. The summed E-state index contributed by atoms with van der Waals surface area (Å²) in [6.07, 6.45) is 6.58. The first-order chi connectivity index (χ1) is 9.56. The lowest BCUT2D eigenvalue weighted by Gasteiger charge is -2.28. The Bertz CT molecular complexity index is 547. The van der Waals surface area contributed by atoms with Crippen LogP contribution in [0, 0.1) is 5.92 Å². The first-order valence-corrected chi connectivity index (χ1v) is 8.49. The molecule has 2 unspecified atom stereocenters. The number of anilines is 1. The lowest BCUT2D eigenvalue weighted by atomic mass is 9.85. The van der Waals surface area contributed by atoms with E-state index in [4.69, 9.17) is 5.84 Å². The molecule has 0 amide bonds. The normalized spacial score (nSPS) is 23.5. The SMILES string of the molecule is CCC1CCCC(NS(=O)(=O)c2ncccc2NN)C1. The largest absolute Gasteiger partial charge is 0.321 e. The average Bonchev–Trinajstić information content (AvgIpc) is 2.47. The van der Waals surface area contributed by atoms with Crippen LogP contribution >= 0.6 is 0 Å². The van der Waals surface area contributed by atoms with Crippen LogP contribution in [0.3, 0.4) is 0 Å². The third kappa shape index (κ3) is 3.47. The van der Waals surface area contributed by atoms with Crippen molar-refractivity contribution in [2.75, 3.05) is 5.43 Å². The molecule has 0 saturated heterocycles. The number of rotatable bonds is 5. The fourth-order valence-corrected chi connectivity index (χ4v) is 4.14. The van der Waals surface area contributed by atoms with Gasteiger partial charge in [-0.3, -0.25) is 5.84 Å². The summed E-state index contributed by atoms with van der Waals surface area (Å²) in [5.74, 6) is 5.95. The van der Waals surface area contributed by atoms with E-state index in [0.29, 0.717) is 11.6 Å². The minimum absolute atomic E-state index is 0.00803. The second-order valence-corrected chi connectivity index (χ2v) is 6.89. The summed E-state index contributed by atoms with van der Waals surface area (Å²) < 4.78 is 27.6. The van der Waals surface area contributed by atoms with Crippen molar-refractivity contribution in [2.45, 2.75) is 50.1 Å². The van der Waals surface area contributed by atoms with Crippen molar-refractivity contribution >= 4 is 15.7 Å². The maximum absolute atomic E-state index is 12.4. The first-order valence-electron chi connectivity index (χ1n) is 7.00. The fourth-order valence-electron chi connectivity index (χ4n) is 2.76. The van der Waals surface area contributed by atoms with E-state index in [9.17, 15) is 8.42 Å². The lowest BCUT2D eigenvalue weighted by molar-refractivity contribution is 0.301. The Morgan fingerprint density at radius 1 is 1.45 bits per heavy atom. The molecular weight excluding hydrogens is 276 g/mol. The summed E-state index contributed by atoms with van der Waals surface area (Å²) in [5, 5.41) is -0.0406. The van der Waals surface area contributed by atoms with E-state index in [1.165, 1.54) is 12.6 Å². The van der Waals surface area contributed by atoms with E-state index >= 15 is 0 Å². The van der Waals surface area contributed by atoms with Crippen molar-refractivity contribution in [2.24, 2.45) is 11.8 Å². The van der Waals surface area contributed by atoms with Crippen LogP contribution < -0.4 is 16.0 Å². The molecule has 7 heteroatoms. The van der Waals surface area contributed by atoms with Gasteiger partial charge in [-0.2, -0.15) is 0 Å². The molecule has 20 heavy (non-hydrogen) atoms. The highest BCUT2D eigenvalue weighted by Crippen LogP contribution is 2.28. The molecule has 0 radical (unpaired) electrons. The monoisotopic (exact) mass is 298 g/mol. The molecule has 1 aromatic rings. The molecule has 4 N–H and O–H groups in total. The summed E-state index contributed by atoms with van der Waals surface area (Å²) in [4.78, 5) is 3.93. The quantitative estimate of drug-likeness (QED) is 0.567. The number of hydrogen-bond donors (Lipinski definition) is 3. The maximum atomic E-state index is 12.4.